The van der Waals surface area contributed by atoms with Crippen molar-refractivity contribution in [2.45, 2.75) is 13.5 Å². The standard InChI is InChI=1S/C14H13BrFNO/c1-9-2-4-11(15)13(6-9)17-8-10-3-5-14(18)12(16)7-10/h2-7,17-18H,8H2,1H3. The summed E-state index contributed by atoms with van der Waals surface area (Å²) in [6.45, 7) is 2.51. The van der Waals surface area contributed by atoms with Crippen molar-refractivity contribution in [2.24, 2.45) is 0 Å². The summed E-state index contributed by atoms with van der Waals surface area (Å²) in [7, 11) is 0. The molecule has 0 fully saturated rings. The number of phenolic OH excluding ortho intramolecular Hbond substituents is 1. The van der Waals surface area contributed by atoms with Crippen LogP contribution in [0.4, 0.5) is 10.1 Å². The maximum Gasteiger partial charge on any atom is 0.165 e. The first-order valence-corrected chi connectivity index (χ1v) is 6.33. The molecule has 94 valence electrons. The summed E-state index contributed by atoms with van der Waals surface area (Å²) in [4.78, 5) is 0. The normalized spacial score (nSPS) is 10.4. The highest BCUT2D eigenvalue weighted by molar-refractivity contribution is 9.10. The van der Waals surface area contributed by atoms with Crippen LogP contribution in [-0.4, -0.2) is 5.11 Å². The summed E-state index contributed by atoms with van der Waals surface area (Å²) in [5.41, 5.74) is 2.89. The van der Waals surface area contributed by atoms with Crippen LogP contribution in [0.1, 0.15) is 11.1 Å². The van der Waals surface area contributed by atoms with E-state index in [9.17, 15) is 4.39 Å². The molecule has 2 rings (SSSR count). The Bertz CT molecular complexity index is 572. The highest BCUT2D eigenvalue weighted by Crippen LogP contribution is 2.24. The van der Waals surface area contributed by atoms with Crippen molar-refractivity contribution >= 4 is 21.6 Å². The van der Waals surface area contributed by atoms with Gasteiger partial charge in [-0.15, -0.1) is 0 Å². The Morgan fingerprint density at radius 1 is 1.22 bits per heavy atom. The minimum atomic E-state index is -0.599. The molecule has 2 nitrogen and oxygen atoms in total. The van der Waals surface area contributed by atoms with E-state index in [0.29, 0.717) is 6.54 Å². The van der Waals surface area contributed by atoms with Crippen molar-refractivity contribution in [1.82, 2.24) is 0 Å². The summed E-state index contributed by atoms with van der Waals surface area (Å²) >= 11 is 3.45. The molecule has 0 aliphatic heterocycles. The number of anilines is 1. The minimum absolute atomic E-state index is 0.324. The van der Waals surface area contributed by atoms with Gasteiger partial charge in [0, 0.05) is 16.7 Å². The van der Waals surface area contributed by atoms with Crippen molar-refractivity contribution in [3.8, 4) is 5.75 Å². The maximum absolute atomic E-state index is 13.2. The average molecular weight is 310 g/mol. The van der Waals surface area contributed by atoms with E-state index >= 15 is 0 Å². The third kappa shape index (κ3) is 3.01. The van der Waals surface area contributed by atoms with E-state index in [1.165, 1.54) is 12.1 Å². The highest BCUT2D eigenvalue weighted by atomic mass is 79.9. The van der Waals surface area contributed by atoms with E-state index in [-0.39, 0.29) is 5.75 Å². The fourth-order valence-corrected chi connectivity index (χ4v) is 2.02. The topological polar surface area (TPSA) is 32.3 Å². The Labute approximate surface area is 114 Å². The van der Waals surface area contributed by atoms with Crippen LogP contribution in [0.2, 0.25) is 0 Å². The second kappa shape index (κ2) is 5.40. The molecule has 0 atom stereocenters. The van der Waals surface area contributed by atoms with E-state index < -0.39 is 5.82 Å². The van der Waals surface area contributed by atoms with E-state index in [1.807, 2.05) is 25.1 Å². The molecule has 0 saturated carbocycles. The van der Waals surface area contributed by atoms with Gasteiger partial charge in [-0.1, -0.05) is 12.1 Å². The zero-order valence-corrected chi connectivity index (χ0v) is 11.5. The lowest BCUT2D eigenvalue weighted by atomic mass is 10.2. The molecule has 0 heterocycles. The first kappa shape index (κ1) is 12.9. The number of aromatic hydroxyl groups is 1. The van der Waals surface area contributed by atoms with Gasteiger partial charge in [0.15, 0.2) is 11.6 Å². The molecule has 0 aliphatic carbocycles. The maximum atomic E-state index is 13.2. The van der Waals surface area contributed by atoms with Gasteiger partial charge in [-0.2, -0.15) is 0 Å². The lowest BCUT2D eigenvalue weighted by Gasteiger charge is -2.10. The molecule has 0 bridgehead atoms. The molecule has 0 aromatic heterocycles. The number of hydrogen-bond donors (Lipinski definition) is 2. The number of benzene rings is 2. The summed E-state index contributed by atoms with van der Waals surface area (Å²) in [6.07, 6.45) is 0. The molecule has 0 spiro atoms. The van der Waals surface area contributed by atoms with Crippen molar-refractivity contribution in [3.05, 3.63) is 57.8 Å². The van der Waals surface area contributed by atoms with Crippen LogP contribution in [-0.2, 0) is 6.54 Å². The smallest absolute Gasteiger partial charge is 0.165 e. The zero-order chi connectivity index (χ0) is 13.1. The summed E-state index contributed by atoms with van der Waals surface area (Å²) < 4.78 is 14.1. The molecule has 0 aliphatic rings. The van der Waals surface area contributed by atoms with Crippen LogP contribution < -0.4 is 5.32 Å². The summed E-state index contributed by atoms with van der Waals surface area (Å²) in [5, 5.41) is 12.3. The van der Waals surface area contributed by atoms with E-state index in [0.717, 1.165) is 21.3 Å². The van der Waals surface area contributed by atoms with E-state index in [4.69, 9.17) is 5.11 Å². The fourth-order valence-electron chi connectivity index (χ4n) is 1.63. The molecular weight excluding hydrogens is 297 g/mol. The second-order valence-electron chi connectivity index (χ2n) is 4.12. The molecule has 18 heavy (non-hydrogen) atoms. The van der Waals surface area contributed by atoms with Crippen molar-refractivity contribution in [2.75, 3.05) is 5.32 Å². The molecule has 2 N–H and O–H groups in total. The van der Waals surface area contributed by atoms with Crippen LogP contribution in [0.15, 0.2) is 40.9 Å². The molecule has 0 radical (unpaired) electrons. The lowest BCUT2D eigenvalue weighted by molar-refractivity contribution is 0.432. The van der Waals surface area contributed by atoms with Gasteiger partial charge in [0.2, 0.25) is 0 Å². The monoisotopic (exact) mass is 309 g/mol. The first-order chi connectivity index (χ1) is 8.56. The number of nitrogens with one attached hydrogen (secondary N) is 1. The van der Waals surface area contributed by atoms with Gasteiger partial charge in [0.25, 0.3) is 0 Å². The SMILES string of the molecule is Cc1ccc(Br)c(NCc2ccc(O)c(F)c2)c1. The number of halogens is 2. The van der Waals surface area contributed by atoms with Crippen LogP contribution in [0.5, 0.6) is 5.75 Å². The summed E-state index contributed by atoms with van der Waals surface area (Å²) in [6, 6.07) is 10.4. The lowest BCUT2D eigenvalue weighted by Crippen LogP contribution is -2.00. The number of rotatable bonds is 3. The quantitative estimate of drug-likeness (QED) is 0.890. The third-order valence-electron chi connectivity index (χ3n) is 2.62. The molecule has 0 unspecified atom stereocenters. The highest BCUT2D eigenvalue weighted by Gasteiger charge is 2.03. The van der Waals surface area contributed by atoms with Crippen LogP contribution in [0.25, 0.3) is 0 Å². The molecule has 0 saturated heterocycles. The largest absolute Gasteiger partial charge is 0.505 e. The summed E-state index contributed by atoms with van der Waals surface area (Å²) in [5.74, 6) is -0.923. The van der Waals surface area contributed by atoms with Crippen LogP contribution in [0.3, 0.4) is 0 Å². The minimum Gasteiger partial charge on any atom is -0.505 e. The van der Waals surface area contributed by atoms with Crippen LogP contribution >= 0.6 is 15.9 Å². The number of aryl methyl sites for hydroxylation is 1. The molecular formula is C14H13BrFNO. The van der Waals surface area contributed by atoms with Gasteiger partial charge in [0.1, 0.15) is 0 Å². The average Bonchev–Trinajstić information content (AvgIpc) is 2.34. The Balaban J connectivity index is 2.11. The Hall–Kier alpha value is -1.55. The molecule has 0 amide bonds. The van der Waals surface area contributed by atoms with Gasteiger partial charge in [-0.05, 0) is 58.2 Å². The zero-order valence-electron chi connectivity index (χ0n) is 9.87. The van der Waals surface area contributed by atoms with Crippen molar-refractivity contribution in [3.63, 3.8) is 0 Å². The second-order valence-corrected chi connectivity index (χ2v) is 4.98. The van der Waals surface area contributed by atoms with Gasteiger partial charge >= 0.3 is 0 Å². The van der Waals surface area contributed by atoms with Gasteiger partial charge in [-0.3, -0.25) is 0 Å². The number of hydrogen-bond acceptors (Lipinski definition) is 2. The van der Waals surface area contributed by atoms with Crippen molar-refractivity contribution < 1.29 is 9.50 Å². The number of phenols is 1. The predicted molar refractivity (Wildman–Crippen MR) is 74.3 cm³/mol. The van der Waals surface area contributed by atoms with E-state index in [1.54, 1.807) is 6.07 Å². The third-order valence-corrected chi connectivity index (χ3v) is 3.31. The molecule has 4 heteroatoms. The van der Waals surface area contributed by atoms with Crippen molar-refractivity contribution in [1.29, 1.82) is 0 Å². The first-order valence-electron chi connectivity index (χ1n) is 5.53. The van der Waals surface area contributed by atoms with E-state index in [2.05, 4.69) is 21.2 Å². The Morgan fingerprint density at radius 3 is 2.72 bits per heavy atom. The van der Waals surface area contributed by atoms with Gasteiger partial charge in [0.05, 0.1) is 0 Å². The molecule has 2 aromatic rings. The van der Waals surface area contributed by atoms with Gasteiger partial charge < -0.3 is 10.4 Å². The Morgan fingerprint density at radius 2 is 2.00 bits per heavy atom. The predicted octanol–water partition coefficient (Wildman–Crippen LogP) is 4.21. The van der Waals surface area contributed by atoms with Crippen LogP contribution in [0, 0.1) is 12.7 Å². The van der Waals surface area contributed by atoms with Gasteiger partial charge in [-0.25, -0.2) is 4.39 Å². The molecule has 2 aromatic carbocycles. The fraction of sp³-hybridized carbons (Fsp3) is 0.143. The Kier molecular flexibility index (Phi) is 3.87.